The molecule has 5 heteroatoms. The fourth-order valence-corrected chi connectivity index (χ4v) is 3.06. The Bertz CT molecular complexity index is 533. The number of hydrogen-bond acceptors (Lipinski definition) is 3. The lowest BCUT2D eigenvalue weighted by Gasteiger charge is -2.15. The maximum absolute atomic E-state index is 10.5. The summed E-state index contributed by atoms with van der Waals surface area (Å²) >= 11 is 7.75. The van der Waals surface area contributed by atoms with E-state index in [-0.39, 0.29) is 6.04 Å². The van der Waals surface area contributed by atoms with Crippen molar-refractivity contribution < 1.29 is 5.11 Å². The van der Waals surface area contributed by atoms with Gasteiger partial charge in [-0.05, 0) is 32.4 Å². The summed E-state index contributed by atoms with van der Waals surface area (Å²) < 4.78 is 1.78. The van der Waals surface area contributed by atoms with Crippen LogP contribution in [0, 0.1) is 0 Å². The zero-order valence-electron chi connectivity index (χ0n) is 10.7. The number of halogens is 1. The predicted molar refractivity (Wildman–Crippen MR) is 75.4 cm³/mol. The number of aryl methyl sites for hydroxylation is 1. The second-order valence-electron chi connectivity index (χ2n) is 4.48. The van der Waals surface area contributed by atoms with Gasteiger partial charge in [0.25, 0.3) is 0 Å². The first-order valence-corrected chi connectivity index (χ1v) is 7.23. The Morgan fingerprint density at radius 1 is 1.44 bits per heavy atom. The van der Waals surface area contributed by atoms with Gasteiger partial charge < -0.3 is 5.11 Å². The van der Waals surface area contributed by atoms with Gasteiger partial charge >= 0.3 is 0 Å². The first-order valence-electron chi connectivity index (χ1n) is 6.04. The Kier molecular flexibility index (Phi) is 4.10. The molecule has 0 fully saturated rings. The highest BCUT2D eigenvalue weighted by molar-refractivity contribution is 7.12. The molecule has 0 aliphatic carbocycles. The highest BCUT2D eigenvalue weighted by Crippen LogP contribution is 2.33. The molecule has 18 heavy (non-hydrogen) atoms. The molecule has 1 N–H and O–H groups in total. The van der Waals surface area contributed by atoms with Gasteiger partial charge in [0.1, 0.15) is 6.10 Å². The van der Waals surface area contributed by atoms with Crippen LogP contribution in [-0.2, 0) is 6.42 Å². The van der Waals surface area contributed by atoms with E-state index < -0.39 is 6.10 Å². The third kappa shape index (κ3) is 2.46. The first kappa shape index (κ1) is 13.6. The number of thiophene rings is 1. The number of aliphatic hydroxyl groups is 1. The van der Waals surface area contributed by atoms with Crippen molar-refractivity contribution in [1.29, 1.82) is 0 Å². The Morgan fingerprint density at radius 3 is 2.72 bits per heavy atom. The second-order valence-corrected chi connectivity index (χ2v) is 6.08. The van der Waals surface area contributed by atoms with Crippen molar-refractivity contribution in [3.8, 4) is 0 Å². The zero-order valence-corrected chi connectivity index (χ0v) is 12.3. The molecule has 0 amide bonds. The molecule has 0 bridgehead atoms. The molecule has 0 aliphatic heterocycles. The minimum Gasteiger partial charge on any atom is -0.381 e. The minimum absolute atomic E-state index is 0.174. The molecular weight excluding hydrogens is 268 g/mol. The lowest BCUT2D eigenvalue weighted by atomic mass is 10.2. The van der Waals surface area contributed by atoms with E-state index >= 15 is 0 Å². The molecule has 2 aromatic rings. The van der Waals surface area contributed by atoms with Crippen LogP contribution in [-0.4, -0.2) is 14.9 Å². The van der Waals surface area contributed by atoms with Gasteiger partial charge in [0.15, 0.2) is 0 Å². The van der Waals surface area contributed by atoms with Gasteiger partial charge in [-0.15, -0.1) is 11.3 Å². The fourth-order valence-electron chi connectivity index (χ4n) is 1.88. The summed E-state index contributed by atoms with van der Waals surface area (Å²) in [6.07, 6.45) is 1.87. The molecule has 3 nitrogen and oxygen atoms in total. The van der Waals surface area contributed by atoms with E-state index in [1.807, 2.05) is 26.0 Å². The standard InChI is InChI=1S/C13H17ClN2OS/c1-4-9-5-6-11(18-9)13(17)12-10(14)7-15-16(12)8(2)3/h5-8,13,17H,4H2,1-3H3. The monoisotopic (exact) mass is 284 g/mol. The fraction of sp³-hybridized carbons (Fsp3) is 0.462. The van der Waals surface area contributed by atoms with E-state index in [1.54, 1.807) is 22.2 Å². The van der Waals surface area contributed by atoms with Crippen molar-refractivity contribution in [3.05, 3.63) is 38.8 Å². The Balaban J connectivity index is 2.38. The molecule has 2 rings (SSSR count). The third-order valence-corrected chi connectivity index (χ3v) is 4.41. The maximum atomic E-state index is 10.5. The number of nitrogens with zero attached hydrogens (tertiary/aromatic N) is 2. The summed E-state index contributed by atoms with van der Waals surface area (Å²) in [5.41, 5.74) is 0.677. The Hall–Kier alpha value is -0.840. The first-order chi connectivity index (χ1) is 8.54. The average Bonchev–Trinajstić information content (AvgIpc) is 2.94. The van der Waals surface area contributed by atoms with Gasteiger partial charge in [0, 0.05) is 15.8 Å². The SMILES string of the molecule is CCc1ccc(C(O)c2c(Cl)cnn2C(C)C)s1. The number of aliphatic hydroxyl groups excluding tert-OH is 1. The number of hydrogen-bond donors (Lipinski definition) is 1. The van der Waals surface area contributed by atoms with Crippen molar-refractivity contribution >= 4 is 22.9 Å². The molecule has 0 radical (unpaired) electrons. The van der Waals surface area contributed by atoms with Gasteiger partial charge in [0.05, 0.1) is 16.9 Å². The van der Waals surface area contributed by atoms with Crippen LogP contribution in [0.1, 0.15) is 48.4 Å². The molecule has 1 atom stereocenters. The average molecular weight is 285 g/mol. The topological polar surface area (TPSA) is 38.1 Å². The quantitative estimate of drug-likeness (QED) is 0.927. The van der Waals surface area contributed by atoms with Crippen molar-refractivity contribution in [2.24, 2.45) is 0 Å². The molecule has 2 heterocycles. The predicted octanol–water partition coefficient (Wildman–Crippen LogP) is 3.82. The van der Waals surface area contributed by atoms with Gasteiger partial charge in [-0.25, -0.2) is 0 Å². The van der Waals surface area contributed by atoms with Gasteiger partial charge in [-0.2, -0.15) is 5.10 Å². The van der Waals surface area contributed by atoms with E-state index in [9.17, 15) is 5.11 Å². The van der Waals surface area contributed by atoms with Crippen LogP contribution in [0.4, 0.5) is 0 Å². The summed E-state index contributed by atoms with van der Waals surface area (Å²) in [6, 6.07) is 4.18. The van der Waals surface area contributed by atoms with Gasteiger partial charge in [-0.3, -0.25) is 4.68 Å². The summed E-state index contributed by atoms with van der Waals surface area (Å²) in [5, 5.41) is 15.2. The summed E-state index contributed by atoms with van der Waals surface area (Å²) in [5.74, 6) is 0. The Labute approximate surface area is 116 Å². The zero-order chi connectivity index (χ0) is 13.3. The largest absolute Gasteiger partial charge is 0.381 e. The molecule has 2 aromatic heterocycles. The van der Waals surface area contributed by atoms with E-state index in [0.29, 0.717) is 10.7 Å². The molecule has 0 saturated heterocycles. The van der Waals surface area contributed by atoms with Crippen LogP contribution in [0.3, 0.4) is 0 Å². The summed E-state index contributed by atoms with van der Waals surface area (Å²) in [4.78, 5) is 2.17. The molecule has 1 unspecified atom stereocenters. The lowest BCUT2D eigenvalue weighted by Crippen LogP contribution is -2.11. The van der Waals surface area contributed by atoms with Gasteiger partial charge in [-0.1, -0.05) is 18.5 Å². The molecule has 0 aliphatic rings. The number of aromatic nitrogens is 2. The van der Waals surface area contributed by atoms with E-state index in [0.717, 1.165) is 11.3 Å². The van der Waals surface area contributed by atoms with Crippen molar-refractivity contribution in [3.63, 3.8) is 0 Å². The van der Waals surface area contributed by atoms with Crippen LogP contribution in [0.2, 0.25) is 5.02 Å². The minimum atomic E-state index is -0.701. The molecule has 0 aromatic carbocycles. The van der Waals surface area contributed by atoms with E-state index in [2.05, 4.69) is 12.0 Å². The molecule has 0 spiro atoms. The summed E-state index contributed by atoms with van der Waals surface area (Å²) in [7, 11) is 0. The normalized spacial score (nSPS) is 13.2. The van der Waals surface area contributed by atoms with Crippen molar-refractivity contribution in [2.75, 3.05) is 0 Å². The highest BCUT2D eigenvalue weighted by atomic mass is 35.5. The summed E-state index contributed by atoms with van der Waals surface area (Å²) in [6.45, 7) is 6.14. The van der Waals surface area contributed by atoms with Crippen LogP contribution < -0.4 is 0 Å². The maximum Gasteiger partial charge on any atom is 0.131 e. The molecule has 0 saturated carbocycles. The second kappa shape index (κ2) is 5.43. The number of rotatable bonds is 4. The Morgan fingerprint density at radius 2 is 2.17 bits per heavy atom. The lowest BCUT2D eigenvalue weighted by molar-refractivity contribution is 0.209. The van der Waals surface area contributed by atoms with Crippen LogP contribution in [0.5, 0.6) is 0 Å². The van der Waals surface area contributed by atoms with Crippen LogP contribution >= 0.6 is 22.9 Å². The van der Waals surface area contributed by atoms with E-state index in [1.165, 1.54) is 4.88 Å². The molecular formula is C13H17ClN2OS. The van der Waals surface area contributed by atoms with E-state index in [4.69, 9.17) is 11.6 Å². The third-order valence-electron chi connectivity index (χ3n) is 2.84. The smallest absolute Gasteiger partial charge is 0.131 e. The molecule has 98 valence electrons. The van der Waals surface area contributed by atoms with Crippen LogP contribution in [0.15, 0.2) is 18.3 Å². The van der Waals surface area contributed by atoms with Crippen molar-refractivity contribution in [2.45, 2.75) is 39.3 Å². The van der Waals surface area contributed by atoms with Crippen molar-refractivity contribution in [1.82, 2.24) is 9.78 Å². The van der Waals surface area contributed by atoms with Gasteiger partial charge in [0.2, 0.25) is 0 Å². The van der Waals surface area contributed by atoms with Crippen LogP contribution in [0.25, 0.3) is 0 Å². The highest BCUT2D eigenvalue weighted by Gasteiger charge is 2.22.